The molecule has 4 rings (SSSR count). The Labute approximate surface area is 205 Å². The Bertz CT molecular complexity index is 1380. The summed E-state index contributed by atoms with van der Waals surface area (Å²) in [5, 5.41) is 1.54. The van der Waals surface area contributed by atoms with E-state index in [1.165, 1.54) is 26.4 Å². The van der Waals surface area contributed by atoms with Gasteiger partial charge in [-0.1, -0.05) is 18.2 Å². The van der Waals surface area contributed by atoms with Crippen LogP contribution >= 0.6 is 11.3 Å². The number of amides is 2. The van der Waals surface area contributed by atoms with Gasteiger partial charge in [0.25, 0.3) is 5.91 Å². The lowest BCUT2D eigenvalue weighted by atomic mass is 9.77. The zero-order valence-electron chi connectivity index (χ0n) is 19.5. The molecule has 0 radical (unpaired) electrons. The van der Waals surface area contributed by atoms with E-state index in [0.29, 0.717) is 21.8 Å². The number of nitrogens with zero attached hydrogens (tertiary/aromatic N) is 1. The quantitative estimate of drug-likeness (QED) is 0.283. The molecule has 0 fully saturated rings. The predicted octanol–water partition coefficient (Wildman–Crippen LogP) is 4.57. The number of esters is 1. The summed E-state index contributed by atoms with van der Waals surface area (Å²) in [6.07, 6.45) is -0.196. The van der Waals surface area contributed by atoms with Crippen LogP contribution in [0.1, 0.15) is 55.4 Å². The lowest BCUT2D eigenvalue weighted by Crippen LogP contribution is -2.43. The molecule has 0 saturated carbocycles. The third-order valence-electron chi connectivity index (χ3n) is 6.04. The van der Waals surface area contributed by atoms with E-state index in [1.807, 2.05) is 0 Å². The number of imide groups is 1. The van der Waals surface area contributed by atoms with Gasteiger partial charge in [-0.2, -0.15) is 0 Å². The molecule has 0 spiro atoms. The molecule has 0 saturated heterocycles. The average molecular weight is 496 g/mol. The van der Waals surface area contributed by atoms with Crippen molar-refractivity contribution in [3.63, 3.8) is 0 Å². The lowest BCUT2D eigenvalue weighted by molar-refractivity contribution is -0.117. The second kappa shape index (κ2) is 9.07. The van der Waals surface area contributed by atoms with Gasteiger partial charge >= 0.3 is 5.97 Å². The molecule has 9 heteroatoms. The minimum atomic E-state index is -1.06. The molecule has 1 aliphatic rings. The minimum absolute atomic E-state index is 0.00642. The molecule has 35 heavy (non-hydrogen) atoms. The molecule has 2 amide bonds. The number of anilines is 1. The number of halogens is 1. The van der Waals surface area contributed by atoms with Gasteiger partial charge in [0.15, 0.2) is 5.78 Å². The van der Waals surface area contributed by atoms with Crippen molar-refractivity contribution >= 4 is 40.6 Å². The normalized spacial score (nSPS) is 13.5. The summed E-state index contributed by atoms with van der Waals surface area (Å²) in [7, 11) is 2.69. The van der Waals surface area contributed by atoms with Gasteiger partial charge in [0.1, 0.15) is 16.4 Å². The SMILES string of the molecule is COC(=O)c1scc2c1C(=O)N(c1cc(C(=O)C(C)(C)c3ccccc3OC)ccc1F)C(=O)C2. The van der Waals surface area contributed by atoms with Crippen LogP contribution in [0.15, 0.2) is 47.8 Å². The third-order valence-corrected chi connectivity index (χ3v) is 7.05. The Balaban J connectivity index is 1.77. The first-order valence-electron chi connectivity index (χ1n) is 10.7. The Kier molecular flexibility index (Phi) is 6.29. The number of ketones is 1. The van der Waals surface area contributed by atoms with E-state index in [2.05, 4.69) is 0 Å². The van der Waals surface area contributed by atoms with Gasteiger partial charge < -0.3 is 9.47 Å². The largest absolute Gasteiger partial charge is 0.496 e. The molecule has 7 nitrogen and oxygen atoms in total. The van der Waals surface area contributed by atoms with E-state index < -0.39 is 29.0 Å². The Morgan fingerprint density at radius 1 is 1.09 bits per heavy atom. The van der Waals surface area contributed by atoms with E-state index in [-0.39, 0.29) is 33.9 Å². The van der Waals surface area contributed by atoms with E-state index >= 15 is 0 Å². The van der Waals surface area contributed by atoms with Crippen LogP contribution < -0.4 is 9.64 Å². The molecule has 180 valence electrons. The number of rotatable bonds is 6. The molecule has 0 aliphatic carbocycles. The van der Waals surface area contributed by atoms with Crippen molar-refractivity contribution in [1.82, 2.24) is 0 Å². The molecular weight excluding hydrogens is 473 g/mol. The fourth-order valence-corrected chi connectivity index (χ4v) is 5.16. The maximum atomic E-state index is 15.0. The first kappa shape index (κ1) is 24.3. The molecule has 1 aliphatic heterocycles. The summed E-state index contributed by atoms with van der Waals surface area (Å²) in [6.45, 7) is 3.43. The van der Waals surface area contributed by atoms with Gasteiger partial charge in [-0.3, -0.25) is 14.4 Å². The molecule has 0 atom stereocenters. The number of carbonyl (C=O) groups excluding carboxylic acids is 4. The summed E-state index contributed by atoms with van der Waals surface area (Å²) in [5.41, 5.74) is -0.278. The first-order valence-corrected chi connectivity index (χ1v) is 11.5. The molecule has 0 bridgehead atoms. The summed E-state index contributed by atoms with van der Waals surface area (Å²) >= 11 is 0.984. The van der Waals surface area contributed by atoms with Crippen LogP contribution in [-0.4, -0.2) is 37.8 Å². The molecule has 0 unspecified atom stereocenters. The second-order valence-corrected chi connectivity index (χ2v) is 9.37. The highest BCUT2D eigenvalue weighted by atomic mass is 32.1. The van der Waals surface area contributed by atoms with Crippen molar-refractivity contribution in [2.45, 2.75) is 25.7 Å². The Hall–Kier alpha value is -3.85. The van der Waals surface area contributed by atoms with Crippen LogP contribution in [0.2, 0.25) is 0 Å². The molecule has 2 aromatic carbocycles. The zero-order valence-corrected chi connectivity index (χ0v) is 20.3. The summed E-state index contributed by atoms with van der Waals surface area (Å²) in [6, 6.07) is 10.6. The van der Waals surface area contributed by atoms with Crippen LogP contribution in [0.5, 0.6) is 5.75 Å². The molecule has 1 aromatic heterocycles. The van der Waals surface area contributed by atoms with Crippen LogP contribution in [0.3, 0.4) is 0 Å². The molecule has 0 N–H and O–H groups in total. The number of methoxy groups -OCH3 is 2. The van der Waals surface area contributed by atoms with Gasteiger partial charge in [0.05, 0.1) is 37.3 Å². The van der Waals surface area contributed by atoms with E-state index in [9.17, 15) is 23.6 Å². The topological polar surface area (TPSA) is 90.0 Å². The minimum Gasteiger partial charge on any atom is -0.496 e. The Morgan fingerprint density at radius 3 is 2.49 bits per heavy atom. The highest BCUT2D eigenvalue weighted by Crippen LogP contribution is 2.37. The van der Waals surface area contributed by atoms with Crippen LogP contribution in [-0.2, 0) is 21.4 Å². The van der Waals surface area contributed by atoms with Crippen LogP contribution in [0, 0.1) is 5.82 Å². The Morgan fingerprint density at radius 2 is 1.80 bits per heavy atom. The smallest absolute Gasteiger partial charge is 0.348 e. The number of hydrogen-bond acceptors (Lipinski definition) is 7. The van der Waals surface area contributed by atoms with Gasteiger partial charge in [-0.05, 0) is 49.1 Å². The summed E-state index contributed by atoms with van der Waals surface area (Å²) in [5.74, 6) is -2.91. The van der Waals surface area contributed by atoms with Crippen molar-refractivity contribution < 1.29 is 33.0 Å². The number of carbonyl (C=O) groups is 4. The predicted molar refractivity (Wildman–Crippen MR) is 128 cm³/mol. The standard InChI is InChI=1S/C26H22FNO6S/c1-26(2,16-7-5-6-8-19(16)33-3)23(30)14-9-10-17(27)18(11-14)28-20(29)12-15-13-35-22(25(32)34-4)21(15)24(28)31/h5-11,13H,12H2,1-4H3. The molecule has 2 heterocycles. The fraction of sp³-hybridized carbons (Fsp3) is 0.231. The second-order valence-electron chi connectivity index (χ2n) is 8.49. The lowest BCUT2D eigenvalue weighted by Gasteiger charge is -2.28. The van der Waals surface area contributed by atoms with Crippen molar-refractivity contribution in [2.75, 3.05) is 19.1 Å². The van der Waals surface area contributed by atoms with E-state index in [4.69, 9.17) is 9.47 Å². The van der Waals surface area contributed by atoms with E-state index in [1.54, 1.807) is 43.5 Å². The number of para-hydroxylation sites is 1. The van der Waals surface area contributed by atoms with Crippen molar-refractivity contribution in [3.05, 3.63) is 80.8 Å². The summed E-state index contributed by atoms with van der Waals surface area (Å²) < 4.78 is 25.1. The van der Waals surface area contributed by atoms with Gasteiger partial charge in [-0.15, -0.1) is 11.3 Å². The van der Waals surface area contributed by atoms with Crippen LogP contribution in [0.25, 0.3) is 0 Å². The maximum Gasteiger partial charge on any atom is 0.348 e. The zero-order chi connectivity index (χ0) is 25.5. The van der Waals surface area contributed by atoms with Gasteiger partial charge in [0.2, 0.25) is 5.91 Å². The third kappa shape index (κ3) is 4.01. The average Bonchev–Trinajstić information content (AvgIpc) is 3.28. The number of benzene rings is 2. The number of Topliss-reactive ketones (excluding diaryl/α,β-unsaturated/α-hetero) is 1. The first-order chi connectivity index (χ1) is 16.6. The van der Waals surface area contributed by atoms with E-state index in [0.717, 1.165) is 17.4 Å². The summed E-state index contributed by atoms with van der Waals surface area (Å²) in [4.78, 5) is 52.6. The van der Waals surface area contributed by atoms with Crippen molar-refractivity contribution in [1.29, 1.82) is 0 Å². The highest BCUT2D eigenvalue weighted by Gasteiger charge is 2.39. The number of fused-ring (bicyclic) bond motifs is 1. The van der Waals surface area contributed by atoms with Gasteiger partial charge in [-0.25, -0.2) is 14.1 Å². The van der Waals surface area contributed by atoms with Crippen molar-refractivity contribution in [2.24, 2.45) is 0 Å². The number of hydrogen-bond donors (Lipinski definition) is 0. The monoisotopic (exact) mass is 495 g/mol. The fourth-order valence-electron chi connectivity index (χ4n) is 4.18. The highest BCUT2D eigenvalue weighted by molar-refractivity contribution is 7.12. The number of ether oxygens (including phenoxy) is 2. The molecule has 3 aromatic rings. The van der Waals surface area contributed by atoms with Crippen molar-refractivity contribution in [3.8, 4) is 5.75 Å². The van der Waals surface area contributed by atoms with Gasteiger partial charge in [0, 0.05) is 11.1 Å². The number of thiophene rings is 1. The van der Waals surface area contributed by atoms with Crippen LogP contribution in [0.4, 0.5) is 10.1 Å². The molecular formula is C26H22FNO6S. The maximum absolute atomic E-state index is 15.0.